The maximum atomic E-state index is 12.5. The van der Waals surface area contributed by atoms with Gasteiger partial charge in [-0.3, -0.25) is 4.79 Å². The van der Waals surface area contributed by atoms with Crippen LogP contribution in [-0.4, -0.2) is 5.78 Å². The number of hydrogen-bond donors (Lipinski definition) is 0. The Hall–Kier alpha value is -1.52. The van der Waals surface area contributed by atoms with Crippen molar-refractivity contribution in [2.75, 3.05) is 0 Å². The Morgan fingerprint density at radius 2 is 1.48 bits per heavy atom. The molecule has 2 aromatic rings. The van der Waals surface area contributed by atoms with Gasteiger partial charge in [0.1, 0.15) is 5.38 Å². The Kier molecular flexibility index (Phi) is 4.59. The zero-order valence-corrected chi connectivity index (χ0v) is 12.0. The van der Waals surface area contributed by atoms with Crippen LogP contribution in [0.4, 0.5) is 13.2 Å². The fraction of sp³-hybridized carbons (Fsp3) is 0.133. The molecule has 0 fully saturated rings. The third kappa shape index (κ3) is 3.77. The van der Waals surface area contributed by atoms with Crippen molar-refractivity contribution in [1.82, 2.24) is 0 Å². The molecule has 110 valence electrons. The first kappa shape index (κ1) is 15.9. The molecule has 6 heteroatoms. The third-order valence-corrected chi connectivity index (χ3v) is 3.59. The minimum Gasteiger partial charge on any atom is -0.292 e. The van der Waals surface area contributed by atoms with E-state index in [2.05, 4.69) is 0 Å². The first-order valence-corrected chi connectivity index (χ1v) is 6.71. The molecule has 0 saturated heterocycles. The van der Waals surface area contributed by atoms with Gasteiger partial charge in [-0.1, -0.05) is 23.7 Å². The van der Waals surface area contributed by atoms with Crippen molar-refractivity contribution < 1.29 is 18.0 Å². The molecule has 0 bridgehead atoms. The van der Waals surface area contributed by atoms with Gasteiger partial charge in [-0.25, -0.2) is 0 Å². The highest BCUT2D eigenvalue weighted by Gasteiger charge is 2.30. The number of alkyl halides is 4. The Balaban J connectivity index is 2.21. The van der Waals surface area contributed by atoms with E-state index in [-0.39, 0.29) is 0 Å². The van der Waals surface area contributed by atoms with Crippen LogP contribution in [0, 0.1) is 0 Å². The number of ketones is 1. The molecule has 0 aromatic heterocycles. The Morgan fingerprint density at radius 1 is 0.952 bits per heavy atom. The minimum absolute atomic E-state index is 0.310. The second-order valence-electron chi connectivity index (χ2n) is 4.35. The molecule has 0 saturated carbocycles. The lowest BCUT2D eigenvalue weighted by Gasteiger charge is -2.11. The van der Waals surface area contributed by atoms with E-state index in [4.69, 9.17) is 23.2 Å². The predicted molar refractivity (Wildman–Crippen MR) is 75.8 cm³/mol. The van der Waals surface area contributed by atoms with Gasteiger partial charge in [0.05, 0.1) is 5.56 Å². The summed E-state index contributed by atoms with van der Waals surface area (Å²) in [5.41, 5.74) is -0.127. The highest BCUT2D eigenvalue weighted by Crippen LogP contribution is 2.32. The molecule has 2 rings (SSSR count). The molecule has 1 unspecified atom stereocenters. The number of halogens is 5. The molecule has 0 aliphatic rings. The van der Waals surface area contributed by atoms with Gasteiger partial charge in [-0.15, -0.1) is 11.6 Å². The van der Waals surface area contributed by atoms with Gasteiger partial charge in [0.15, 0.2) is 5.78 Å². The molecule has 0 heterocycles. The fourth-order valence-electron chi connectivity index (χ4n) is 1.75. The molecule has 1 nitrogen and oxygen atoms in total. The van der Waals surface area contributed by atoms with Crippen LogP contribution in [0.25, 0.3) is 0 Å². The van der Waals surface area contributed by atoms with Crippen LogP contribution >= 0.6 is 23.2 Å². The van der Waals surface area contributed by atoms with E-state index in [9.17, 15) is 18.0 Å². The van der Waals surface area contributed by atoms with Crippen LogP contribution in [-0.2, 0) is 6.18 Å². The second kappa shape index (κ2) is 6.08. The van der Waals surface area contributed by atoms with E-state index in [1.165, 1.54) is 24.3 Å². The van der Waals surface area contributed by atoms with Crippen molar-refractivity contribution >= 4 is 29.0 Å². The topological polar surface area (TPSA) is 17.1 Å². The van der Waals surface area contributed by atoms with Crippen molar-refractivity contribution in [3.8, 4) is 0 Å². The molecule has 0 N–H and O–H groups in total. The first-order valence-electron chi connectivity index (χ1n) is 5.90. The number of Topliss-reactive ketones (excluding diaryl/α,β-unsaturated/α-hetero) is 1. The number of benzene rings is 2. The molecule has 0 spiro atoms. The fourth-order valence-corrected chi connectivity index (χ4v) is 2.15. The molecular weight excluding hydrogens is 324 g/mol. The van der Waals surface area contributed by atoms with Gasteiger partial charge in [0, 0.05) is 10.6 Å². The lowest BCUT2D eigenvalue weighted by molar-refractivity contribution is -0.137. The Morgan fingerprint density at radius 3 is 1.95 bits per heavy atom. The highest BCUT2D eigenvalue weighted by atomic mass is 35.5. The van der Waals surface area contributed by atoms with E-state index in [1.807, 2.05) is 0 Å². The quantitative estimate of drug-likeness (QED) is 0.534. The third-order valence-electron chi connectivity index (χ3n) is 2.89. The van der Waals surface area contributed by atoms with Crippen molar-refractivity contribution in [3.63, 3.8) is 0 Å². The van der Waals surface area contributed by atoms with Crippen LogP contribution in [0.5, 0.6) is 0 Å². The summed E-state index contributed by atoms with van der Waals surface area (Å²) in [4.78, 5) is 12.1. The molecular formula is C15H9Cl2F3O. The van der Waals surface area contributed by atoms with Crippen molar-refractivity contribution in [2.45, 2.75) is 11.6 Å². The average molecular weight is 333 g/mol. The summed E-state index contributed by atoms with van der Waals surface area (Å²) in [6.07, 6.45) is -4.42. The number of carbonyl (C=O) groups excluding carboxylic acids is 1. The monoisotopic (exact) mass is 332 g/mol. The van der Waals surface area contributed by atoms with Crippen LogP contribution < -0.4 is 0 Å². The average Bonchev–Trinajstić information content (AvgIpc) is 2.46. The van der Waals surface area contributed by atoms with E-state index >= 15 is 0 Å². The smallest absolute Gasteiger partial charge is 0.292 e. The SMILES string of the molecule is O=C(c1ccc(Cl)cc1)C(Cl)c1ccc(C(F)(F)F)cc1. The first-order chi connectivity index (χ1) is 9.79. The summed E-state index contributed by atoms with van der Waals surface area (Å²) < 4.78 is 37.4. The summed E-state index contributed by atoms with van der Waals surface area (Å²) in [7, 11) is 0. The maximum absolute atomic E-state index is 12.5. The summed E-state index contributed by atoms with van der Waals surface area (Å²) in [5.74, 6) is -0.395. The lowest BCUT2D eigenvalue weighted by Crippen LogP contribution is -2.09. The largest absolute Gasteiger partial charge is 0.416 e. The summed E-state index contributed by atoms with van der Waals surface area (Å²) in [5, 5.41) is -0.569. The minimum atomic E-state index is -4.42. The molecule has 2 aromatic carbocycles. The zero-order chi connectivity index (χ0) is 15.6. The lowest BCUT2D eigenvalue weighted by atomic mass is 10.0. The molecule has 0 radical (unpaired) electrons. The van der Waals surface area contributed by atoms with Gasteiger partial charge >= 0.3 is 6.18 Å². The van der Waals surface area contributed by atoms with Gasteiger partial charge in [0.25, 0.3) is 0 Å². The van der Waals surface area contributed by atoms with E-state index in [0.717, 1.165) is 12.1 Å². The normalized spacial score (nSPS) is 13.0. The standard InChI is InChI=1S/C15H9Cl2F3O/c16-12-7-3-10(4-8-12)14(21)13(17)9-1-5-11(6-2-9)15(18,19)20/h1-8,13H. The van der Waals surface area contributed by atoms with Crippen LogP contribution in [0.3, 0.4) is 0 Å². The van der Waals surface area contributed by atoms with Crippen LogP contribution in [0.1, 0.15) is 26.9 Å². The second-order valence-corrected chi connectivity index (χ2v) is 5.23. The molecule has 0 aliphatic heterocycles. The van der Waals surface area contributed by atoms with Gasteiger partial charge in [0.2, 0.25) is 0 Å². The summed E-state index contributed by atoms with van der Waals surface area (Å²) in [6, 6.07) is 10.3. The van der Waals surface area contributed by atoms with E-state index in [1.54, 1.807) is 12.1 Å². The van der Waals surface area contributed by atoms with E-state index in [0.29, 0.717) is 16.1 Å². The Labute approximate surface area is 129 Å². The van der Waals surface area contributed by atoms with Gasteiger partial charge < -0.3 is 0 Å². The highest BCUT2D eigenvalue weighted by molar-refractivity contribution is 6.34. The predicted octanol–water partition coefficient (Wildman–Crippen LogP) is 5.52. The van der Waals surface area contributed by atoms with Crippen molar-refractivity contribution in [1.29, 1.82) is 0 Å². The van der Waals surface area contributed by atoms with Gasteiger partial charge in [-0.2, -0.15) is 13.2 Å². The molecule has 1 atom stereocenters. The number of carbonyl (C=O) groups is 1. The zero-order valence-electron chi connectivity index (χ0n) is 10.5. The van der Waals surface area contributed by atoms with Gasteiger partial charge in [-0.05, 0) is 42.0 Å². The number of hydrogen-bond acceptors (Lipinski definition) is 1. The van der Waals surface area contributed by atoms with Crippen LogP contribution in [0.15, 0.2) is 48.5 Å². The molecule has 0 amide bonds. The Bertz CT molecular complexity index is 633. The molecule has 21 heavy (non-hydrogen) atoms. The number of rotatable bonds is 3. The maximum Gasteiger partial charge on any atom is 0.416 e. The summed E-state index contributed by atoms with van der Waals surface area (Å²) >= 11 is 11.8. The molecule has 0 aliphatic carbocycles. The van der Waals surface area contributed by atoms with Crippen molar-refractivity contribution in [3.05, 3.63) is 70.2 Å². The van der Waals surface area contributed by atoms with Crippen molar-refractivity contribution in [2.24, 2.45) is 0 Å². The van der Waals surface area contributed by atoms with Crippen LogP contribution in [0.2, 0.25) is 5.02 Å². The summed E-state index contributed by atoms with van der Waals surface area (Å²) in [6.45, 7) is 0. The van der Waals surface area contributed by atoms with E-state index < -0.39 is 22.9 Å².